The van der Waals surface area contributed by atoms with Gasteiger partial charge in [-0.3, -0.25) is 0 Å². The predicted molar refractivity (Wildman–Crippen MR) is 91.6 cm³/mol. The molecule has 1 aromatic rings. The summed E-state index contributed by atoms with van der Waals surface area (Å²) in [7, 11) is -1.67. The van der Waals surface area contributed by atoms with E-state index in [1.165, 1.54) is 28.5 Å². The summed E-state index contributed by atoms with van der Waals surface area (Å²) in [5.74, 6) is 0.974. The number of nitrogens with one attached hydrogen (secondary N) is 1. The van der Waals surface area contributed by atoms with E-state index >= 15 is 0 Å². The molecule has 1 aliphatic rings. The summed E-state index contributed by atoms with van der Waals surface area (Å²) in [4.78, 5) is 0. The third-order valence-corrected chi connectivity index (χ3v) is 7.88. The number of hydrogen-bond acceptors (Lipinski definition) is 5. The fourth-order valence-corrected chi connectivity index (χ4v) is 5.34. The Hall–Kier alpha value is -0.0800. The van der Waals surface area contributed by atoms with Crippen molar-refractivity contribution < 1.29 is 8.42 Å². The van der Waals surface area contributed by atoms with E-state index in [1.807, 2.05) is 24.6 Å². The zero-order valence-corrected chi connectivity index (χ0v) is 15.3. The molecule has 1 fully saturated rings. The van der Waals surface area contributed by atoms with Crippen LogP contribution in [-0.4, -0.2) is 43.9 Å². The Labute approximate surface area is 136 Å². The number of thiophene rings is 1. The van der Waals surface area contributed by atoms with Crippen LogP contribution in [0, 0.1) is 0 Å². The molecule has 0 radical (unpaired) electrons. The van der Waals surface area contributed by atoms with Gasteiger partial charge >= 0.3 is 0 Å². The van der Waals surface area contributed by atoms with Crippen LogP contribution in [0.3, 0.4) is 0 Å². The molecular formula is C14H24N2O2S3. The van der Waals surface area contributed by atoms with Crippen LogP contribution in [0.4, 0.5) is 0 Å². The highest BCUT2D eigenvalue weighted by Crippen LogP contribution is 2.26. The smallest absolute Gasteiger partial charge is 0.252 e. The molecule has 7 heteroatoms. The quantitative estimate of drug-likeness (QED) is 0.745. The maximum atomic E-state index is 12.6. The van der Waals surface area contributed by atoms with E-state index in [-0.39, 0.29) is 6.04 Å². The van der Waals surface area contributed by atoms with Crippen LogP contribution in [0.25, 0.3) is 0 Å². The standard InChI is InChI=1S/C14H24N2O2S3/c1-11(6-7-19-3)16(2)21(17,18)14-8-12(10-20-14)9-15-13-4-5-13/h8,10-11,13,15H,4-7,9H2,1-3H3. The maximum Gasteiger partial charge on any atom is 0.252 e. The van der Waals surface area contributed by atoms with Gasteiger partial charge < -0.3 is 5.32 Å². The molecule has 1 aliphatic carbocycles. The van der Waals surface area contributed by atoms with Gasteiger partial charge in [-0.2, -0.15) is 16.1 Å². The van der Waals surface area contributed by atoms with E-state index in [0.717, 1.165) is 24.3 Å². The molecule has 1 N–H and O–H groups in total. The Morgan fingerprint density at radius 2 is 2.24 bits per heavy atom. The molecule has 0 spiro atoms. The van der Waals surface area contributed by atoms with Crippen LogP contribution in [0.2, 0.25) is 0 Å². The number of hydrogen-bond donors (Lipinski definition) is 1. The fourth-order valence-electron chi connectivity index (χ4n) is 1.98. The van der Waals surface area contributed by atoms with Crippen LogP contribution < -0.4 is 5.32 Å². The Balaban J connectivity index is 2.00. The first-order chi connectivity index (χ1) is 9.95. The lowest BCUT2D eigenvalue weighted by Gasteiger charge is -2.23. The second-order valence-corrected chi connectivity index (χ2v) is 9.70. The highest BCUT2D eigenvalue weighted by molar-refractivity contribution is 7.98. The zero-order valence-electron chi connectivity index (χ0n) is 12.8. The van der Waals surface area contributed by atoms with Gasteiger partial charge in [0.05, 0.1) is 0 Å². The van der Waals surface area contributed by atoms with Crippen LogP contribution in [-0.2, 0) is 16.6 Å². The van der Waals surface area contributed by atoms with Crippen molar-refractivity contribution in [1.82, 2.24) is 9.62 Å². The molecule has 21 heavy (non-hydrogen) atoms. The summed E-state index contributed by atoms with van der Waals surface area (Å²) in [6, 6.07) is 2.48. The van der Waals surface area contributed by atoms with Gasteiger partial charge in [0.2, 0.25) is 0 Å². The van der Waals surface area contributed by atoms with Crippen LogP contribution in [0.15, 0.2) is 15.7 Å². The Morgan fingerprint density at radius 3 is 2.86 bits per heavy atom. The molecule has 1 unspecified atom stereocenters. The topological polar surface area (TPSA) is 49.4 Å². The van der Waals surface area contributed by atoms with Gasteiger partial charge in [0.1, 0.15) is 4.21 Å². The van der Waals surface area contributed by atoms with Crippen LogP contribution in [0.5, 0.6) is 0 Å². The minimum atomic E-state index is -3.36. The lowest BCUT2D eigenvalue weighted by atomic mass is 10.3. The molecule has 0 amide bonds. The van der Waals surface area contributed by atoms with Gasteiger partial charge in [-0.05, 0) is 55.2 Å². The van der Waals surface area contributed by atoms with Crippen molar-refractivity contribution in [3.63, 3.8) is 0 Å². The lowest BCUT2D eigenvalue weighted by Crippen LogP contribution is -2.35. The first-order valence-electron chi connectivity index (χ1n) is 7.23. The van der Waals surface area contributed by atoms with Gasteiger partial charge in [0, 0.05) is 25.7 Å². The highest BCUT2D eigenvalue weighted by atomic mass is 32.2. The number of rotatable bonds is 9. The second-order valence-electron chi connectivity index (χ2n) is 5.58. The number of nitrogens with zero attached hydrogens (tertiary/aromatic N) is 1. The summed E-state index contributed by atoms with van der Waals surface area (Å²) in [5.41, 5.74) is 1.07. The van der Waals surface area contributed by atoms with E-state index in [2.05, 4.69) is 5.32 Å². The Kier molecular flexibility index (Phi) is 6.14. The van der Waals surface area contributed by atoms with Crippen LogP contribution >= 0.6 is 23.1 Å². The zero-order chi connectivity index (χ0) is 15.5. The average molecular weight is 349 g/mol. The van der Waals surface area contributed by atoms with Gasteiger partial charge in [-0.15, -0.1) is 11.3 Å². The molecule has 120 valence electrons. The molecular weight excluding hydrogens is 324 g/mol. The maximum absolute atomic E-state index is 12.6. The minimum Gasteiger partial charge on any atom is -0.310 e. The number of sulfonamides is 1. The molecule has 0 aromatic carbocycles. The Bertz CT molecular complexity index is 552. The van der Waals surface area contributed by atoms with Crippen molar-refractivity contribution in [1.29, 1.82) is 0 Å². The molecule has 1 atom stereocenters. The second kappa shape index (κ2) is 7.46. The molecule has 4 nitrogen and oxygen atoms in total. The monoisotopic (exact) mass is 348 g/mol. The summed E-state index contributed by atoms with van der Waals surface area (Å²) < 4.78 is 27.2. The third-order valence-electron chi connectivity index (χ3n) is 3.80. The molecule has 1 heterocycles. The highest BCUT2D eigenvalue weighted by Gasteiger charge is 2.27. The largest absolute Gasteiger partial charge is 0.310 e. The van der Waals surface area contributed by atoms with E-state index in [0.29, 0.717) is 10.3 Å². The summed E-state index contributed by atoms with van der Waals surface area (Å²) in [6.07, 6.45) is 5.40. The molecule has 0 bridgehead atoms. The molecule has 2 rings (SSSR count). The van der Waals surface area contributed by atoms with Crippen molar-refractivity contribution in [2.45, 2.75) is 49.0 Å². The molecule has 0 saturated heterocycles. The molecule has 1 aromatic heterocycles. The van der Waals surface area contributed by atoms with Gasteiger partial charge in [-0.1, -0.05) is 0 Å². The van der Waals surface area contributed by atoms with Gasteiger partial charge in [0.15, 0.2) is 0 Å². The Morgan fingerprint density at radius 1 is 1.52 bits per heavy atom. The molecule has 0 aliphatic heterocycles. The third kappa shape index (κ3) is 4.69. The van der Waals surface area contributed by atoms with Crippen molar-refractivity contribution in [2.24, 2.45) is 0 Å². The minimum absolute atomic E-state index is 0.0255. The van der Waals surface area contributed by atoms with Crippen molar-refractivity contribution in [3.8, 4) is 0 Å². The van der Waals surface area contributed by atoms with Gasteiger partial charge in [-0.25, -0.2) is 8.42 Å². The summed E-state index contributed by atoms with van der Waals surface area (Å²) in [5, 5.41) is 5.36. The molecule has 1 saturated carbocycles. The van der Waals surface area contributed by atoms with Crippen molar-refractivity contribution >= 4 is 33.1 Å². The predicted octanol–water partition coefficient (Wildman–Crippen LogP) is 2.76. The van der Waals surface area contributed by atoms with E-state index in [1.54, 1.807) is 18.8 Å². The van der Waals surface area contributed by atoms with Crippen LogP contribution in [0.1, 0.15) is 31.7 Å². The summed E-state index contributed by atoms with van der Waals surface area (Å²) in [6.45, 7) is 2.74. The first kappa shape index (κ1) is 17.3. The first-order valence-corrected chi connectivity index (χ1v) is 10.9. The van der Waals surface area contributed by atoms with Crippen molar-refractivity contribution in [2.75, 3.05) is 19.1 Å². The normalized spacial score (nSPS) is 17.3. The van der Waals surface area contributed by atoms with E-state index in [9.17, 15) is 8.42 Å². The lowest BCUT2D eigenvalue weighted by molar-refractivity contribution is 0.383. The van der Waals surface area contributed by atoms with E-state index < -0.39 is 10.0 Å². The van der Waals surface area contributed by atoms with E-state index in [4.69, 9.17) is 0 Å². The average Bonchev–Trinajstić information content (AvgIpc) is 3.17. The SMILES string of the molecule is CSCCC(C)N(C)S(=O)(=O)c1cc(CNC2CC2)cs1. The number of thioether (sulfide) groups is 1. The van der Waals surface area contributed by atoms with Gasteiger partial charge in [0.25, 0.3) is 10.0 Å². The van der Waals surface area contributed by atoms with Crippen molar-refractivity contribution in [3.05, 3.63) is 17.0 Å². The summed E-state index contributed by atoms with van der Waals surface area (Å²) >= 11 is 3.07. The fraction of sp³-hybridized carbons (Fsp3) is 0.714.